The van der Waals surface area contributed by atoms with Gasteiger partial charge in [-0.25, -0.2) is 0 Å². The van der Waals surface area contributed by atoms with E-state index in [9.17, 15) is 132 Å². The highest BCUT2D eigenvalue weighted by atomic mass is 16.8. The summed E-state index contributed by atoms with van der Waals surface area (Å²) in [5, 5.41) is 265. The largest absolute Gasteiger partial charge is 0.394 e. The standard InChI is InChI=1S/C52H88N2O41/c1-11(61)53-21-29(69)40(17(7-59)83-45(21)80)91-46-22(54-12(2)62)30(70)41(18(8-60)88-46)92-51-39(79)43(94-49-36(76)32(72)24(64)14(4-56)85-49)28(68)20(90-51)9-81-47-38(78)42(93-48-35(75)31(71)23(63)13(3-55)84-48)27(67)19(89-47)10-82-52-44(34(74)26(66)16(6-58)87-52)95-50-37(77)33(73)25(65)15(5-57)86-50/h13-52,55-60,63-80H,3-10H2,1-2H3,(H,53,61)(H,54,62)/t13-,14-,15-,16-,17-,18-,19-,20-,21-,22-,23-,24-,25-,26-,27-,28-,29-,30-,31+,32+,33+,34+,35+,36+,37+,38+,39+,40-,41-,42+,43+,44+,45+,46+,47+,48-,49-,50-,51+,52+/m1/s1. The zero-order valence-corrected chi connectivity index (χ0v) is 50.4. The minimum atomic E-state index is -2.39. The maximum absolute atomic E-state index is 12.8. The fourth-order valence-corrected chi connectivity index (χ4v) is 12.1. The van der Waals surface area contributed by atoms with Gasteiger partial charge in [0.1, 0.15) is 195 Å². The molecule has 8 aliphatic rings. The molecule has 40 atom stereocenters. The Morgan fingerprint density at radius 3 is 0.989 bits per heavy atom. The van der Waals surface area contributed by atoms with Gasteiger partial charge in [-0.1, -0.05) is 0 Å². The summed E-state index contributed by atoms with van der Waals surface area (Å²) < 4.78 is 86.5. The van der Waals surface area contributed by atoms with Gasteiger partial charge in [0.05, 0.1) is 52.9 Å². The van der Waals surface area contributed by atoms with Crippen molar-refractivity contribution in [2.45, 2.75) is 259 Å². The zero-order valence-electron chi connectivity index (χ0n) is 50.4. The van der Waals surface area contributed by atoms with Gasteiger partial charge < -0.3 is 204 Å². The molecule has 0 aromatic heterocycles. The monoisotopic (exact) mass is 1400 g/mol. The quantitative estimate of drug-likeness (QED) is 0.0427. The van der Waals surface area contributed by atoms with Crippen LogP contribution in [-0.2, 0) is 80.6 Å². The van der Waals surface area contributed by atoms with E-state index in [0.29, 0.717) is 0 Å². The van der Waals surface area contributed by atoms with E-state index in [1.54, 1.807) is 0 Å². The van der Waals surface area contributed by atoms with Crippen LogP contribution in [0, 0.1) is 0 Å². The minimum Gasteiger partial charge on any atom is -0.394 e. The van der Waals surface area contributed by atoms with Crippen molar-refractivity contribution in [3.63, 3.8) is 0 Å². The summed E-state index contributed by atoms with van der Waals surface area (Å²) in [7, 11) is 0. The molecule has 0 aliphatic carbocycles. The molecule has 8 heterocycles. The van der Waals surface area contributed by atoms with E-state index in [-0.39, 0.29) is 0 Å². The normalized spacial score (nSPS) is 50.8. The Bertz CT molecular complexity index is 2380. The highest BCUT2D eigenvalue weighted by molar-refractivity contribution is 5.73. The van der Waals surface area contributed by atoms with Crippen molar-refractivity contribution in [3.8, 4) is 0 Å². The molecule has 0 saturated carbocycles. The summed E-state index contributed by atoms with van der Waals surface area (Å²) in [4.78, 5) is 24.8. The first kappa shape index (κ1) is 78.1. The van der Waals surface area contributed by atoms with Gasteiger partial charge in [-0.2, -0.15) is 0 Å². The Labute approximate surface area is 536 Å². The molecule has 8 fully saturated rings. The average molecular weight is 1400 g/mol. The Hall–Kier alpha value is -2.62. The number of carbonyl (C=O) groups is 2. The van der Waals surface area contributed by atoms with Gasteiger partial charge in [0.25, 0.3) is 0 Å². The van der Waals surface area contributed by atoms with E-state index >= 15 is 0 Å². The molecule has 43 nitrogen and oxygen atoms in total. The summed E-state index contributed by atoms with van der Waals surface area (Å²) in [5.41, 5.74) is 0. The predicted octanol–water partition coefficient (Wildman–Crippen LogP) is -18.2. The predicted molar refractivity (Wildman–Crippen MR) is 288 cm³/mol. The topological polar surface area (TPSA) is 682 Å². The molecule has 8 rings (SSSR count). The van der Waals surface area contributed by atoms with Gasteiger partial charge in [0, 0.05) is 13.8 Å². The summed E-state index contributed by atoms with van der Waals surface area (Å²) in [6.07, 6.45) is -77.2. The Kier molecular flexibility index (Phi) is 27.9. The third kappa shape index (κ3) is 17.0. The van der Waals surface area contributed by atoms with Crippen LogP contribution in [0.25, 0.3) is 0 Å². The first-order chi connectivity index (χ1) is 44.9. The number of nitrogens with one attached hydrogen (secondary N) is 2. The lowest BCUT2D eigenvalue weighted by atomic mass is 9.94. The van der Waals surface area contributed by atoms with Crippen molar-refractivity contribution in [3.05, 3.63) is 0 Å². The number of hydrogen-bond acceptors (Lipinski definition) is 41. The van der Waals surface area contributed by atoms with Crippen LogP contribution in [0.4, 0.5) is 0 Å². The number of carbonyl (C=O) groups excluding carboxylic acids is 2. The Morgan fingerprint density at radius 1 is 0.274 bits per heavy atom. The summed E-state index contributed by atoms with van der Waals surface area (Å²) >= 11 is 0. The molecule has 0 aromatic carbocycles. The van der Waals surface area contributed by atoms with Crippen LogP contribution in [0.3, 0.4) is 0 Å². The molecule has 0 aromatic rings. The zero-order chi connectivity index (χ0) is 69.9. The number of aliphatic hydroxyl groups excluding tert-OH is 24. The molecule has 0 bridgehead atoms. The van der Waals surface area contributed by atoms with Crippen LogP contribution >= 0.6 is 0 Å². The van der Waals surface area contributed by atoms with Crippen molar-refractivity contribution in [2.24, 2.45) is 0 Å². The second kappa shape index (κ2) is 33.9. The van der Waals surface area contributed by atoms with Gasteiger partial charge in [-0.3, -0.25) is 9.59 Å². The fraction of sp³-hybridized carbons (Fsp3) is 0.962. The molecule has 8 aliphatic heterocycles. The maximum Gasteiger partial charge on any atom is 0.217 e. The molecule has 0 unspecified atom stereocenters. The van der Waals surface area contributed by atoms with Crippen molar-refractivity contribution in [1.29, 1.82) is 0 Å². The molecule has 0 radical (unpaired) electrons. The number of amides is 2. The lowest BCUT2D eigenvalue weighted by molar-refractivity contribution is -0.389. The number of aliphatic hydroxyl groups is 24. The molecule has 8 saturated heterocycles. The molecular formula is C52H88N2O41. The third-order valence-corrected chi connectivity index (χ3v) is 17.4. The SMILES string of the molecule is CC(=O)N[C@@H]1[C@@H](O)[C@H](O[C@@H]2O[C@H](CO)[C@@H](O[C@@H]3O[C@H](CO[C@H]4O[C@H](CO[C@H]5O[C@H](CO)[C@@H](O)[C@H](O)[C@@H]5O[C@H]5O[C@H](CO)[C@@H](O)[C@H](O)[C@@H]5O)[C@@H](O)[C@H](O[C@H]5O[C@H](CO)[C@@H](O)[C@H](O)[C@@H]5O)[C@@H]4O)[C@@H](O)[C@H](O[C@H]4O[C@H](CO)[C@@H](O)[C@H](O)[C@@H]4O)[C@@H]3O)[C@H](O)[C@H]2NC(C)=O)[C@@H](CO)O[C@@H]1O. The number of hydrogen-bond donors (Lipinski definition) is 26. The van der Waals surface area contributed by atoms with Crippen molar-refractivity contribution in [2.75, 3.05) is 52.9 Å². The van der Waals surface area contributed by atoms with Crippen LogP contribution in [-0.4, -0.2) is 433 Å². The van der Waals surface area contributed by atoms with E-state index in [0.717, 1.165) is 13.8 Å². The van der Waals surface area contributed by atoms with Gasteiger partial charge in [0.15, 0.2) is 50.3 Å². The summed E-state index contributed by atoms with van der Waals surface area (Å²) in [5.74, 6) is -1.65. The van der Waals surface area contributed by atoms with E-state index in [1.807, 2.05) is 0 Å². The molecule has 2 amide bonds. The van der Waals surface area contributed by atoms with Gasteiger partial charge in [0.2, 0.25) is 11.8 Å². The van der Waals surface area contributed by atoms with Crippen molar-refractivity contribution < 1.29 is 203 Å². The number of rotatable bonds is 24. The highest BCUT2D eigenvalue weighted by Crippen LogP contribution is 2.38. The molecule has 26 N–H and O–H groups in total. The lowest BCUT2D eigenvalue weighted by Gasteiger charge is -2.50. The van der Waals surface area contributed by atoms with E-state index in [2.05, 4.69) is 10.6 Å². The summed E-state index contributed by atoms with van der Waals surface area (Å²) in [6, 6.07) is -3.44. The van der Waals surface area contributed by atoms with Gasteiger partial charge >= 0.3 is 0 Å². The van der Waals surface area contributed by atoms with E-state index in [4.69, 9.17) is 71.1 Å². The third-order valence-electron chi connectivity index (χ3n) is 17.4. The molecular weight excluding hydrogens is 1310 g/mol. The van der Waals surface area contributed by atoms with Crippen LogP contribution in [0.1, 0.15) is 13.8 Å². The Balaban J connectivity index is 1.09. The van der Waals surface area contributed by atoms with Crippen molar-refractivity contribution >= 4 is 11.8 Å². The second-order valence-corrected chi connectivity index (χ2v) is 23.9. The van der Waals surface area contributed by atoms with Crippen LogP contribution in [0.5, 0.6) is 0 Å². The van der Waals surface area contributed by atoms with E-state index < -0.39 is 310 Å². The molecule has 0 spiro atoms. The smallest absolute Gasteiger partial charge is 0.217 e. The molecule has 95 heavy (non-hydrogen) atoms. The lowest BCUT2D eigenvalue weighted by Crippen LogP contribution is -2.70. The summed E-state index contributed by atoms with van der Waals surface area (Å²) in [6.45, 7) is -6.23. The van der Waals surface area contributed by atoms with Crippen LogP contribution in [0.15, 0.2) is 0 Å². The van der Waals surface area contributed by atoms with Crippen LogP contribution < -0.4 is 10.6 Å². The van der Waals surface area contributed by atoms with Gasteiger partial charge in [-0.05, 0) is 0 Å². The molecule has 552 valence electrons. The van der Waals surface area contributed by atoms with Crippen molar-refractivity contribution in [1.82, 2.24) is 10.6 Å². The molecule has 43 heteroatoms. The second-order valence-electron chi connectivity index (χ2n) is 23.9. The first-order valence-electron chi connectivity index (χ1n) is 30.1. The maximum atomic E-state index is 12.8. The van der Waals surface area contributed by atoms with Gasteiger partial charge in [-0.15, -0.1) is 0 Å². The minimum absolute atomic E-state index is 0.756. The first-order valence-corrected chi connectivity index (χ1v) is 30.1. The van der Waals surface area contributed by atoms with E-state index in [1.165, 1.54) is 0 Å². The van der Waals surface area contributed by atoms with Crippen LogP contribution in [0.2, 0.25) is 0 Å². The highest BCUT2D eigenvalue weighted by Gasteiger charge is 2.59. The number of ether oxygens (including phenoxy) is 15. The Morgan fingerprint density at radius 2 is 0.568 bits per heavy atom. The fourth-order valence-electron chi connectivity index (χ4n) is 12.1. The average Bonchev–Trinajstić information content (AvgIpc) is 0.780.